The summed E-state index contributed by atoms with van der Waals surface area (Å²) in [7, 11) is 1.49. The highest BCUT2D eigenvalue weighted by atomic mass is 127. The number of carboxylic acid groups (broad SMARTS) is 1. The van der Waals surface area contributed by atoms with Crippen LogP contribution in [-0.4, -0.2) is 34.5 Å². The van der Waals surface area contributed by atoms with Crippen LogP contribution in [0.1, 0.15) is 24.2 Å². The van der Waals surface area contributed by atoms with Gasteiger partial charge in [-0.1, -0.05) is 15.9 Å². The number of amides is 1. The van der Waals surface area contributed by atoms with Crippen LogP contribution < -0.4 is 0 Å². The number of hydrogen-bond acceptors (Lipinski definition) is 2. The molecule has 0 fully saturated rings. The van der Waals surface area contributed by atoms with E-state index in [0.717, 1.165) is 8.04 Å². The number of rotatable bonds is 3. The molecule has 0 aromatic heterocycles. The van der Waals surface area contributed by atoms with Gasteiger partial charge in [0, 0.05) is 15.1 Å². The third-order valence-corrected chi connectivity index (χ3v) is 4.26. The Hall–Kier alpha value is -0.630. The predicted octanol–water partition coefficient (Wildman–Crippen LogP) is 2.99. The van der Waals surface area contributed by atoms with Gasteiger partial charge in [-0.2, -0.15) is 0 Å². The summed E-state index contributed by atoms with van der Waals surface area (Å²) in [4.78, 5) is 24.7. The fourth-order valence-electron chi connectivity index (χ4n) is 1.24. The first kappa shape index (κ1) is 15.4. The predicted molar refractivity (Wildman–Crippen MR) is 80.7 cm³/mol. The molecule has 0 saturated heterocycles. The molecule has 0 bridgehead atoms. The number of benzene rings is 1. The Bertz CT molecular complexity index is 502. The molecule has 0 heterocycles. The van der Waals surface area contributed by atoms with Gasteiger partial charge >= 0.3 is 5.97 Å². The molecule has 0 saturated carbocycles. The Morgan fingerprint density at radius 1 is 1.39 bits per heavy atom. The van der Waals surface area contributed by atoms with Crippen molar-refractivity contribution >= 4 is 50.4 Å². The van der Waals surface area contributed by atoms with Gasteiger partial charge in [0.1, 0.15) is 5.54 Å². The number of carboxylic acids is 1. The summed E-state index contributed by atoms with van der Waals surface area (Å²) in [6.45, 7) is 3.00. The van der Waals surface area contributed by atoms with E-state index in [1.165, 1.54) is 25.8 Å². The second kappa shape index (κ2) is 5.56. The largest absolute Gasteiger partial charge is 0.480 e. The number of carbonyl (C=O) groups is 2. The lowest BCUT2D eigenvalue weighted by atomic mass is 10.0. The maximum atomic E-state index is 12.3. The Balaban J connectivity index is 3.15. The van der Waals surface area contributed by atoms with Gasteiger partial charge in [0.05, 0.1) is 5.56 Å². The zero-order chi connectivity index (χ0) is 14.1. The van der Waals surface area contributed by atoms with Crippen molar-refractivity contribution in [2.24, 2.45) is 0 Å². The molecule has 1 aromatic carbocycles. The standard InChI is InChI=1S/C12H13BrINO3/c1-12(2,11(17)18)15(3)10(16)8-6-7(13)4-5-9(8)14/h4-6H,1-3H3,(H,17,18). The maximum absolute atomic E-state index is 12.3. The van der Waals surface area contributed by atoms with Crippen LogP contribution in [0.25, 0.3) is 0 Å². The molecular weight excluding hydrogens is 413 g/mol. The van der Waals surface area contributed by atoms with Crippen molar-refractivity contribution in [3.05, 3.63) is 31.8 Å². The molecule has 4 nitrogen and oxygen atoms in total. The summed E-state index contributed by atoms with van der Waals surface area (Å²) >= 11 is 5.36. The van der Waals surface area contributed by atoms with Crippen LogP contribution in [0.3, 0.4) is 0 Å². The zero-order valence-corrected chi connectivity index (χ0v) is 13.9. The molecule has 1 N–H and O–H groups in total. The topological polar surface area (TPSA) is 57.6 Å². The molecule has 98 valence electrons. The van der Waals surface area contributed by atoms with E-state index >= 15 is 0 Å². The van der Waals surface area contributed by atoms with Gasteiger partial charge in [0.2, 0.25) is 0 Å². The van der Waals surface area contributed by atoms with Crippen molar-refractivity contribution in [1.82, 2.24) is 4.90 Å². The summed E-state index contributed by atoms with van der Waals surface area (Å²) in [5.74, 6) is -1.35. The molecule has 0 atom stereocenters. The molecule has 0 unspecified atom stereocenters. The molecule has 0 aliphatic heterocycles. The van der Waals surface area contributed by atoms with Crippen molar-refractivity contribution in [2.45, 2.75) is 19.4 Å². The normalized spacial score (nSPS) is 11.2. The Morgan fingerprint density at radius 2 is 1.94 bits per heavy atom. The molecular formula is C12H13BrINO3. The number of likely N-dealkylation sites (N-methyl/N-ethyl adjacent to an activating group) is 1. The quantitative estimate of drug-likeness (QED) is 0.757. The Labute approximate surface area is 128 Å². The van der Waals surface area contributed by atoms with Crippen LogP contribution in [0.4, 0.5) is 0 Å². The maximum Gasteiger partial charge on any atom is 0.329 e. The lowest BCUT2D eigenvalue weighted by Crippen LogP contribution is -2.50. The third-order valence-electron chi connectivity index (χ3n) is 2.83. The van der Waals surface area contributed by atoms with Gasteiger partial charge in [0.25, 0.3) is 5.91 Å². The third kappa shape index (κ3) is 3.03. The molecule has 0 radical (unpaired) electrons. The van der Waals surface area contributed by atoms with Gasteiger partial charge in [-0.3, -0.25) is 4.79 Å². The van der Waals surface area contributed by atoms with Gasteiger partial charge in [-0.05, 0) is 54.6 Å². The second-order valence-corrected chi connectivity index (χ2v) is 6.43. The molecule has 0 spiro atoms. The van der Waals surface area contributed by atoms with E-state index in [4.69, 9.17) is 5.11 Å². The molecule has 6 heteroatoms. The van der Waals surface area contributed by atoms with Crippen LogP contribution in [0.15, 0.2) is 22.7 Å². The molecule has 1 rings (SSSR count). The number of halogens is 2. The van der Waals surface area contributed by atoms with Gasteiger partial charge in [-0.25, -0.2) is 4.79 Å². The van der Waals surface area contributed by atoms with E-state index in [-0.39, 0.29) is 5.91 Å². The average molecular weight is 426 g/mol. The van der Waals surface area contributed by atoms with Crippen LogP contribution in [0.2, 0.25) is 0 Å². The summed E-state index contributed by atoms with van der Waals surface area (Å²) in [5.41, 5.74) is -0.760. The number of hydrogen-bond donors (Lipinski definition) is 1. The van der Waals surface area contributed by atoms with E-state index in [1.807, 2.05) is 6.07 Å². The van der Waals surface area contributed by atoms with E-state index in [0.29, 0.717) is 5.56 Å². The highest BCUT2D eigenvalue weighted by Crippen LogP contribution is 2.22. The first-order valence-corrected chi connectivity index (χ1v) is 7.01. The monoisotopic (exact) mass is 425 g/mol. The highest BCUT2D eigenvalue weighted by Gasteiger charge is 2.36. The van der Waals surface area contributed by atoms with E-state index in [9.17, 15) is 9.59 Å². The highest BCUT2D eigenvalue weighted by molar-refractivity contribution is 14.1. The minimum Gasteiger partial charge on any atom is -0.480 e. The molecule has 1 amide bonds. The minimum atomic E-state index is -1.25. The Morgan fingerprint density at radius 3 is 2.44 bits per heavy atom. The van der Waals surface area contributed by atoms with E-state index in [1.54, 1.807) is 12.1 Å². The van der Waals surface area contributed by atoms with Crippen LogP contribution in [-0.2, 0) is 4.79 Å². The fourth-order valence-corrected chi connectivity index (χ4v) is 2.17. The van der Waals surface area contributed by atoms with Gasteiger partial charge in [-0.15, -0.1) is 0 Å². The van der Waals surface area contributed by atoms with Crippen LogP contribution >= 0.6 is 38.5 Å². The fraction of sp³-hybridized carbons (Fsp3) is 0.333. The van der Waals surface area contributed by atoms with Gasteiger partial charge < -0.3 is 10.0 Å². The number of nitrogens with zero attached hydrogens (tertiary/aromatic N) is 1. The van der Waals surface area contributed by atoms with Crippen molar-refractivity contribution in [3.8, 4) is 0 Å². The molecule has 0 aliphatic rings. The van der Waals surface area contributed by atoms with Crippen LogP contribution in [0, 0.1) is 3.57 Å². The summed E-state index contributed by atoms with van der Waals surface area (Å²) in [5, 5.41) is 9.13. The summed E-state index contributed by atoms with van der Waals surface area (Å²) in [6, 6.07) is 5.33. The van der Waals surface area contributed by atoms with Crippen molar-refractivity contribution < 1.29 is 14.7 Å². The molecule has 0 aliphatic carbocycles. The molecule has 18 heavy (non-hydrogen) atoms. The SMILES string of the molecule is CN(C(=O)c1cc(Br)ccc1I)C(C)(C)C(=O)O. The summed E-state index contributed by atoms with van der Waals surface area (Å²) in [6.07, 6.45) is 0. The van der Waals surface area contributed by atoms with Crippen molar-refractivity contribution in [1.29, 1.82) is 0 Å². The van der Waals surface area contributed by atoms with Crippen molar-refractivity contribution in [2.75, 3.05) is 7.05 Å². The first-order chi connectivity index (χ1) is 8.17. The Kier molecular flexibility index (Phi) is 4.77. The van der Waals surface area contributed by atoms with E-state index < -0.39 is 11.5 Å². The minimum absolute atomic E-state index is 0.312. The summed E-state index contributed by atoms with van der Waals surface area (Å²) < 4.78 is 1.57. The second-order valence-electron chi connectivity index (χ2n) is 4.35. The number of aliphatic carboxylic acids is 1. The lowest BCUT2D eigenvalue weighted by Gasteiger charge is -2.31. The average Bonchev–Trinajstić information content (AvgIpc) is 2.30. The zero-order valence-electron chi connectivity index (χ0n) is 10.2. The smallest absolute Gasteiger partial charge is 0.329 e. The molecule has 1 aromatic rings. The van der Waals surface area contributed by atoms with E-state index in [2.05, 4.69) is 38.5 Å². The van der Waals surface area contributed by atoms with Gasteiger partial charge in [0.15, 0.2) is 0 Å². The lowest BCUT2D eigenvalue weighted by molar-refractivity contribution is -0.147. The van der Waals surface area contributed by atoms with Crippen LogP contribution in [0.5, 0.6) is 0 Å². The number of carbonyl (C=O) groups excluding carboxylic acids is 1. The first-order valence-electron chi connectivity index (χ1n) is 5.14. The van der Waals surface area contributed by atoms with Crippen molar-refractivity contribution in [3.63, 3.8) is 0 Å².